The Morgan fingerprint density at radius 3 is 2.92 bits per heavy atom. The van der Waals surface area contributed by atoms with Gasteiger partial charge in [-0.2, -0.15) is 0 Å². The van der Waals surface area contributed by atoms with Crippen molar-refractivity contribution in [3.05, 3.63) is 20.3 Å². The summed E-state index contributed by atoms with van der Waals surface area (Å²) >= 11 is 5.48. The maximum atomic E-state index is 5.61. The van der Waals surface area contributed by atoms with Crippen LogP contribution >= 0.6 is 27.3 Å². The average Bonchev–Trinajstić information content (AvgIpc) is 2.77. The second kappa shape index (κ2) is 3.13. The van der Waals surface area contributed by atoms with Gasteiger partial charge < -0.3 is 5.73 Å². The van der Waals surface area contributed by atoms with Crippen LogP contribution in [-0.4, -0.2) is 6.54 Å². The molecule has 0 aromatic carbocycles. The van der Waals surface area contributed by atoms with Crippen molar-refractivity contribution in [2.75, 3.05) is 6.54 Å². The Morgan fingerprint density at radius 2 is 2.50 bits per heavy atom. The quantitative estimate of drug-likeness (QED) is 0.853. The lowest BCUT2D eigenvalue weighted by Gasteiger charge is -1.95. The Balaban J connectivity index is 2.20. The van der Waals surface area contributed by atoms with E-state index in [2.05, 4.69) is 28.2 Å². The van der Waals surface area contributed by atoms with Gasteiger partial charge in [0.15, 0.2) is 0 Å². The average molecular weight is 246 g/mol. The van der Waals surface area contributed by atoms with Crippen LogP contribution < -0.4 is 5.73 Å². The highest BCUT2D eigenvalue weighted by atomic mass is 79.9. The van der Waals surface area contributed by atoms with Crippen LogP contribution in [0.15, 0.2) is 9.85 Å². The Bertz CT molecular complexity index is 295. The number of rotatable bonds is 2. The summed E-state index contributed by atoms with van der Waals surface area (Å²) in [7, 11) is 0. The van der Waals surface area contributed by atoms with Crippen LogP contribution in [0.3, 0.4) is 0 Å². The van der Waals surface area contributed by atoms with Gasteiger partial charge in [-0.25, -0.2) is 0 Å². The van der Waals surface area contributed by atoms with Crippen LogP contribution in [0.5, 0.6) is 0 Å². The molecule has 0 radical (unpaired) electrons. The molecule has 1 heterocycles. The van der Waals surface area contributed by atoms with E-state index >= 15 is 0 Å². The third-order valence-electron chi connectivity index (χ3n) is 2.49. The first-order chi connectivity index (χ1) is 5.74. The largest absolute Gasteiger partial charge is 0.330 e. The lowest BCUT2D eigenvalue weighted by Crippen LogP contribution is -2.01. The number of thiophene rings is 1. The Hall–Kier alpha value is 0.140. The van der Waals surface area contributed by atoms with E-state index in [1.54, 1.807) is 0 Å². The summed E-state index contributed by atoms with van der Waals surface area (Å²) in [6.07, 6.45) is 1.29. The van der Waals surface area contributed by atoms with E-state index in [-0.39, 0.29) is 0 Å². The highest BCUT2D eigenvalue weighted by Crippen LogP contribution is 2.51. The molecule has 1 saturated carbocycles. The predicted molar refractivity (Wildman–Crippen MR) is 56.7 cm³/mol. The summed E-state index contributed by atoms with van der Waals surface area (Å²) in [5, 5.41) is 2.21. The van der Waals surface area contributed by atoms with Crippen molar-refractivity contribution in [2.24, 2.45) is 11.7 Å². The predicted octanol–water partition coefficient (Wildman–Crippen LogP) is 2.88. The third-order valence-corrected chi connectivity index (χ3v) is 5.03. The Kier molecular flexibility index (Phi) is 2.27. The molecule has 0 unspecified atom stereocenters. The standard InChI is InChI=1S/C9H12BrNS/c1-5-4-12-9(8(5)10)7-2-6(7)3-11/h4,6-7H,2-3,11H2,1H3/t6-,7+/m0/s1. The highest BCUT2D eigenvalue weighted by molar-refractivity contribution is 9.10. The minimum Gasteiger partial charge on any atom is -0.330 e. The van der Waals surface area contributed by atoms with Crippen LogP contribution in [0.2, 0.25) is 0 Å². The molecule has 1 aliphatic rings. The maximum absolute atomic E-state index is 5.61. The fourth-order valence-corrected chi connectivity index (χ4v) is 3.52. The van der Waals surface area contributed by atoms with Crippen molar-refractivity contribution in [1.82, 2.24) is 0 Å². The highest BCUT2D eigenvalue weighted by Gasteiger charge is 2.39. The molecule has 2 rings (SSSR count). The minimum atomic E-state index is 0.749. The van der Waals surface area contributed by atoms with Gasteiger partial charge in [0.05, 0.1) is 0 Å². The van der Waals surface area contributed by atoms with Crippen molar-refractivity contribution in [2.45, 2.75) is 19.3 Å². The van der Waals surface area contributed by atoms with Gasteiger partial charge in [-0.15, -0.1) is 11.3 Å². The van der Waals surface area contributed by atoms with Gasteiger partial charge in [-0.1, -0.05) is 0 Å². The summed E-state index contributed by atoms with van der Waals surface area (Å²) in [6.45, 7) is 2.98. The van der Waals surface area contributed by atoms with Crippen LogP contribution in [-0.2, 0) is 0 Å². The third kappa shape index (κ3) is 1.34. The second-order valence-corrected chi connectivity index (χ2v) is 5.14. The van der Waals surface area contributed by atoms with Gasteiger partial charge in [-0.3, -0.25) is 0 Å². The summed E-state index contributed by atoms with van der Waals surface area (Å²) in [6, 6.07) is 0. The van der Waals surface area contributed by atoms with Gasteiger partial charge in [-0.05, 0) is 58.6 Å². The van der Waals surface area contributed by atoms with E-state index in [1.165, 1.54) is 21.3 Å². The molecule has 12 heavy (non-hydrogen) atoms. The molecule has 1 aliphatic carbocycles. The second-order valence-electron chi connectivity index (χ2n) is 3.43. The fraction of sp³-hybridized carbons (Fsp3) is 0.556. The van der Waals surface area contributed by atoms with Gasteiger partial charge in [0.25, 0.3) is 0 Å². The van der Waals surface area contributed by atoms with Crippen LogP contribution in [0, 0.1) is 12.8 Å². The van der Waals surface area contributed by atoms with Crippen LogP contribution in [0.25, 0.3) is 0 Å². The summed E-state index contributed by atoms with van der Waals surface area (Å²) in [5.41, 5.74) is 6.97. The van der Waals surface area contributed by atoms with Gasteiger partial charge in [0, 0.05) is 9.35 Å². The maximum Gasteiger partial charge on any atom is 0.0346 e. The van der Waals surface area contributed by atoms with Gasteiger partial charge >= 0.3 is 0 Å². The van der Waals surface area contributed by atoms with Crippen molar-refractivity contribution in [1.29, 1.82) is 0 Å². The first-order valence-electron chi connectivity index (χ1n) is 4.17. The number of hydrogen-bond acceptors (Lipinski definition) is 2. The smallest absolute Gasteiger partial charge is 0.0346 e. The summed E-state index contributed by atoms with van der Waals surface area (Å²) in [5.74, 6) is 1.50. The molecule has 3 heteroatoms. The fourth-order valence-electron chi connectivity index (χ4n) is 1.53. The Labute approximate surface area is 85.1 Å². The molecule has 0 amide bonds. The first-order valence-corrected chi connectivity index (χ1v) is 5.85. The Morgan fingerprint density at radius 1 is 1.75 bits per heavy atom. The number of aryl methyl sites for hydroxylation is 1. The molecule has 0 bridgehead atoms. The summed E-state index contributed by atoms with van der Waals surface area (Å²) < 4.78 is 1.31. The monoisotopic (exact) mass is 245 g/mol. The van der Waals surface area contributed by atoms with Crippen LogP contribution in [0.1, 0.15) is 22.8 Å². The molecule has 0 saturated heterocycles. The van der Waals surface area contributed by atoms with E-state index in [9.17, 15) is 0 Å². The van der Waals surface area contributed by atoms with Crippen molar-refractivity contribution < 1.29 is 0 Å². The van der Waals surface area contributed by atoms with Gasteiger partial charge in [0.2, 0.25) is 0 Å². The van der Waals surface area contributed by atoms with E-state index < -0.39 is 0 Å². The van der Waals surface area contributed by atoms with Gasteiger partial charge in [0.1, 0.15) is 0 Å². The van der Waals surface area contributed by atoms with Crippen molar-refractivity contribution >= 4 is 27.3 Å². The zero-order valence-corrected chi connectivity index (χ0v) is 9.41. The molecule has 2 N–H and O–H groups in total. The molecular formula is C9H12BrNS. The summed E-state index contributed by atoms with van der Waals surface area (Å²) in [4.78, 5) is 1.50. The normalized spacial score (nSPS) is 27.6. The molecular weight excluding hydrogens is 234 g/mol. The molecule has 1 fully saturated rings. The number of halogens is 1. The zero-order valence-electron chi connectivity index (χ0n) is 7.01. The SMILES string of the molecule is Cc1csc([C@@H]2C[C@H]2CN)c1Br. The molecule has 0 spiro atoms. The minimum absolute atomic E-state index is 0.749. The zero-order chi connectivity index (χ0) is 8.72. The lowest BCUT2D eigenvalue weighted by molar-refractivity contribution is 0.814. The number of hydrogen-bond donors (Lipinski definition) is 1. The lowest BCUT2D eigenvalue weighted by atomic mass is 10.2. The topological polar surface area (TPSA) is 26.0 Å². The van der Waals surface area contributed by atoms with E-state index in [1.807, 2.05) is 11.3 Å². The first kappa shape index (κ1) is 8.73. The van der Waals surface area contributed by atoms with Crippen molar-refractivity contribution in [3.63, 3.8) is 0 Å². The molecule has 2 atom stereocenters. The molecule has 1 aromatic heterocycles. The number of nitrogens with two attached hydrogens (primary N) is 1. The molecule has 1 aromatic rings. The molecule has 66 valence electrons. The van der Waals surface area contributed by atoms with Crippen molar-refractivity contribution in [3.8, 4) is 0 Å². The van der Waals surface area contributed by atoms with E-state index in [0.717, 1.165) is 18.4 Å². The molecule has 1 nitrogen and oxygen atoms in total. The molecule has 0 aliphatic heterocycles. The van der Waals surface area contributed by atoms with Crippen LogP contribution in [0.4, 0.5) is 0 Å². The van der Waals surface area contributed by atoms with E-state index in [4.69, 9.17) is 5.73 Å². The van der Waals surface area contributed by atoms with E-state index in [0.29, 0.717) is 0 Å².